The summed E-state index contributed by atoms with van der Waals surface area (Å²) >= 11 is 0. The Morgan fingerprint density at radius 1 is 1.47 bits per heavy atom. The molecule has 0 spiro atoms. The maximum absolute atomic E-state index is 12.0. The number of hydrogen-bond donors (Lipinski definition) is 1. The summed E-state index contributed by atoms with van der Waals surface area (Å²) in [7, 11) is 0. The van der Waals surface area contributed by atoms with Crippen molar-refractivity contribution in [3.8, 4) is 5.75 Å². The lowest BCUT2D eigenvalue weighted by Gasteiger charge is -2.16. The number of benzene rings is 1. The highest BCUT2D eigenvalue weighted by Crippen LogP contribution is 2.16. The molecule has 0 radical (unpaired) electrons. The van der Waals surface area contributed by atoms with Gasteiger partial charge in [0.1, 0.15) is 5.75 Å². The van der Waals surface area contributed by atoms with Gasteiger partial charge in [-0.15, -0.1) is 0 Å². The number of rotatable bonds is 4. The Morgan fingerprint density at radius 3 is 2.89 bits per heavy atom. The first-order valence-corrected chi connectivity index (χ1v) is 6.79. The lowest BCUT2D eigenvalue weighted by atomic mass is 10.1. The smallest absolute Gasteiger partial charge is 0.226 e. The van der Waals surface area contributed by atoms with Crippen LogP contribution in [0.5, 0.6) is 5.75 Å². The first-order valence-electron chi connectivity index (χ1n) is 6.79. The van der Waals surface area contributed by atoms with Gasteiger partial charge in [0.05, 0.1) is 13.0 Å². The van der Waals surface area contributed by atoms with Crippen LogP contribution in [0.15, 0.2) is 24.3 Å². The second-order valence-corrected chi connectivity index (χ2v) is 5.35. The number of ether oxygens (including phenoxy) is 1. The SMILES string of the molecule is Cc1cccc(OCCC(=O)N2CC(C)C(N)C2)c1. The number of aryl methyl sites for hydroxylation is 1. The molecule has 0 bridgehead atoms. The summed E-state index contributed by atoms with van der Waals surface area (Å²) < 4.78 is 5.59. The molecule has 4 heteroatoms. The molecule has 1 heterocycles. The zero-order chi connectivity index (χ0) is 13.8. The molecule has 1 saturated heterocycles. The minimum absolute atomic E-state index is 0.113. The molecule has 2 N–H and O–H groups in total. The fourth-order valence-corrected chi connectivity index (χ4v) is 2.32. The van der Waals surface area contributed by atoms with E-state index in [1.54, 1.807) is 0 Å². The quantitative estimate of drug-likeness (QED) is 0.896. The van der Waals surface area contributed by atoms with E-state index in [0.29, 0.717) is 25.5 Å². The van der Waals surface area contributed by atoms with Crippen molar-refractivity contribution in [2.45, 2.75) is 26.3 Å². The highest BCUT2D eigenvalue weighted by Gasteiger charge is 2.29. The third-order valence-corrected chi connectivity index (χ3v) is 3.60. The first-order chi connectivity index (χ1) is 9.06. The number of nitrogens with zero attached hydrogens (tertiary/aromatic N) is 1. The van der Waals surface area contributed by atoms with Crippen LogP contribution in [0.25, 0.3) is 0 Å². The summed E-state index contributed by atoms with van der Waals surface area (Å²) in [6.45, 7) is 5.96. The minimum atomic E-state index is 0.113. The van der Waals surface area contributed by atoms with Crippen LogP contribution in [0.1, 0.15) is 18.9 Å². The molecule has 2 rings (SSSR count). The van der Waals surface area contributed by atoms with Crippen LogP contribution in [0.2, 0.25) is 0 Å². The van der Waals surface area contributed by atoms with Gasteiger partial charge in [-0.05, 0) is 30.5 Å². The Balaban J connectivity index is 1.75. The molecule has 1 amide bonds. The van der Waals surface area contributed by atoms with Gasteiger partial charge in [0.25, 0.3) is 0 Å². The van der Waals surface area contributed by atoms with Crippen molar-refractivity contribution < 1.29 is 9.53 Å². The summed E-state index contributed by atoms with van der Waals surface area (Å²) in [6.07, 6.45) is 0.410. The maximum atomic E-state index is 12.0. The van der Waals surface area contributed by atoms with Crippen molar-refractivity contribution in [1.82, 2.24) is 4.90 Å². The van der Waals surface area contributed by atoms with Crippen molar-refractivity contribution >= 4 is 5.91 Å². The van der Waals surface area contributed by atoms with E-state index in [1.807, 2.05) is 36.1 Å². The van der Waals surface area contributed by atoms with Crippen LogP contribution in [-0.2, 0) is 4.79 Å². The van der Waals surface area contributed by atoms with Crippen molar-refractivity contribution in [2.75, 3.05) is 19.7 Å². The molecular formula is C15H22N2O2. The Kier molecular flexibility index (Phi) is 4.43. The highest BCUT2D eigenvalue weighted by atomic mass is 16.5. The first kappa shape index (κ1) is 13.9. The van der Waals surface area contributed by atoms with E-state index in [1.165, 1.54) is 0 Å². The van der Waals surface area contributed by atoms with E-state index in [2.05, 4.69) is 6.92 Å². The summed E-state index contributed by atoms with van der Waals surface area (Å²) in [6, 6.07) is 7.96. The number of amides is 1. The lowest BCUT2D eigenvalue weighted by Crippen LogP contribution is -2.32. The molecule has 1 aliphatic heterocycles. The fraction of sp³-hybridized carbons (Fsp3) is 0.533. The Morgan fingerprint density at radius 2 is 2.26 bits per heavy atom. The lowest BCUT2D eigenvalue weighted by molar-refractivity contribution is -0.130. The standard InChI is InChI=1S/C15H22N2O2/c1-11-4-3-5-13(8-11)19-7-6-15(18)17-9-12(2)14(16)10-17/h3-5,8,12,14H,6-7,9-10,16H2,1-2H3. The molecule has 19 heavy (non-hydrogen) atoms. The van der Waals surface area contributed by atoms with Gasteiger partial charge in [0.2, 0.25) is 5.91 Å². The average Bonchev–Trinajstić information content (AvgIpc) is 2.70. The van der Waals surface area contributed by atoms with Crippen LogP contribution in [0.4, 0.5) is 0 Å². The van der Waals surface area contributed by atoms with Gasteiger partial charge in [-0.25, -0.2) is 0 Å². The average molecular weight is 262 g/mol. The highest BCUT2D eigenvalue weighted by molar-refractivity contribution is 5.76. The number of likely N-dealkylation sites (tertiary alicyclic amines) is 1. The molecule has 4 nitrogen and oxygen atoms in total. The third kappa shape index (κ3) is 3.70. The Bertz CT molecular complexity index is 438. The van der Waals surface area contributed by atoms with Gasteiger partial charge in [-0.3, -0.25) is 4.79 Å². The van der Waals surface area contributed by atoms with Crippen molar-refractivity contribution in [1.29, 1.82) is 0 Å². The number of nitrogens with two attached hydrogens (primary N) is 1. The van der Waals surface area contributed by atoms with Gasteiger partial charge in [0, 0.05) is 19.1 Å². The summed E-state index contributed by atoms with van der Waals surface area (Å²) in [5, 5.41) is 0. The van der Waals surface area contributed by atoms with Gasteiger partial charge in [0.15, 0.2) is 0 Å². The van der Waals surface area contributed by atoms with Crippen molar-refractivity contribution in [3.63, 3.8) is 0 Å². The normalized spacial score (nSPS) is 22.6. The molecule has 0 aliphatic carbocycles. The second kappa shape index (κ2) is 6.06. The van der Waals surface area contributed by atoms with Crippen LogP contribution >= 0.6 is 0 Å². The largest absolute Gasteiger partial charge is 0.493 e. The molecule has 1 fully saturated rings. The van der Waals surface area contributed by atoms with Crippen molar-refractivity contribution in [2.24, 2.45) is 11.7 Å². The maximum Gasteiger partial charge on any atom is 0.226 e. The van der Waals surface area contributed by atoms with Crippen LogP contribution in [-0.4, -0.2) is 36.5 Å². The van der Waals surface area contributed by atoms with Crippen LogP contribution in [0, 0.1) is 12.8 Å². The molecule has 1 aromatic rings. The van der Waals surface area contributed by atoms with Crippen LogP contribution < -0.4 is 10.5 Å². The van der Waals surface area contributed by atoms with Crippen LogP contribution in [0.3, 0.4) is 0 Å². The minimum Gasteiger partial charge on any atom is -0.493 e. The van der Waals surface area contributed by atoms with E-state index < -0.39 is 0 Å². The van der Waals surface area contributed by atoms with E-state index in [-0.39, 0.29) is 11.9 Å². The zero-order valence-corrected chi connectivity index (χ0v) is 11.6. The predicted molar refractivity (Wildman–Crippen MR) is 75.0 cm³/mol. The predicted octanol–water partition coefficient (Wildman–Crippen LogP) is 1.57. The van der Waals surface area contributed by atoms with Gasteiger partial charge in [-0.2, -0.15) is 0 Å². The molecule has 0 saturated carbocycles. The van der Waals surface area contributed by atoms with Gasteiger partial charge < -0.3 is 15.4 Å². The fourth-order valence-electron chi connectivity index (χ4n) is 2.32. The summed E-state index contributed by atoms with van der Waals surface area (Å²) in [4.78, 5) is 13.8. The molecule has 1 aromatic carbocycles. The molecule has 2 unspecified atom stereocenters. The number of carbonyl (C=O) groups excluding carboxylic acids is 1. The van der Waals surface area contributed by atoms with Crippen molar-refractivity contribution in [3.05, 3.63) is 29.8 Å². The van der Waals surface area contributed by atoms with E-state index >= 15 is 0 Å². The third-order valence-electron chi connectivity index (χ3n) is 3.60. The van der Waals surface area contributed by atoms with E-state index in [9.17, 15) is 4.79 Å². The Labute approximate surface area is 114 Å². The molecular weight excluding hydrogens is 240 g/mol. The number of carbonyl (C=O) groups is 1. The van der Waals surface area contributed by atoms with Gasteiger partial charge >= 0.3 is 0 Å². The number of hydrogen-bond acceptors (Lipinski definition) is 3. The Hall–Kier alpha value is -1.55. The van der Waals surface area contributed by atoms with E-state index in [4.69, 9.17) is 10.5 Å². The summed E-state index contributed by atoms with van der Waals surface area (Å²) in [5.74, 6) is 1.34. The topological polar surface area (TPSA) is 55.6 Å². The van der Waals surface area contributed by atoms with E-state index in [0.717, 1.165) is 17.9 Å². The van der Waals surface area contributed by atoms with Gasteiger partial charge in [-0.1, -0.05) is 19.1 Å². The molecule has 2 atom stereocenters. The molecule has 0 aromatic heterocycles. The second-order valence-electron chi connectivity index (χ2n) is 5.35. The zero-order valence-electron chi connectivity index (χ0n) is 11.6. The monoisotopic (exact) mass is 262 g/mol. The molecule has 104 valence electrons. The summed E-state index contributed by atoms with van der Waals surface area (Å²) in [5.41, 5.74) is 7.07. The molecule has 1 aliphatic rings.